The summed E-state index contributed by atoms with van der Waals surface area (Å²) in [4.78, 5) is 28.9. The number of hydrogen-bond donors (Lipinski definition) is 4. The highest BCUT2D eigenvalue weighted by molar-refractivity contribution is 6.31. The van der Waals surface area contributed by atoms with Crippen molar-refractivity contribution in [3.63, 3.8) is 0 Å². The summed E-state index contributed by atoms with van der Waals surface area (Å²) in [6, 6.07) is 9.16. The van der Waals surface area contributed by atoms with Gasteiger partial charge in [0.2, 0.25) is 5.95 Å². The van der Waals surface area contributed by atoms with Crippen LogP contribution in [0.15, 0.2) is 42.7 Å². The van der Waals surface area contributed by atoms with Crippen LogP contribution in [0.2, 0.25) is 5.02 Å². The van der Waals surface area contributed by atoms with Crippen LogP contribution in [0.1, 0.15) is 10.5 Å². The van der Waals surface area contributed by atoms with E-state index in [2.05, 4.69) is 41.3 Å². The predicted molar refractivity (Wildman–Crippen MR) is 140 cm³/mol. The lowest BCUT2D eigenvalue weighted by molar-refractivity contribution is 0.0957. The van der Waals surface area contributed by atoms with Crippen molar-refractivity contribution < 1.29 is 13.9 Å². The molecule has 1 aromatic carbocycles. The van der Waals surface area contributed by atoms with Crippen LogP contribution < -0.4 is 31.3 Å². The van der Waals surface area contributed by atoms with Gasteiger partial charge >= 0.3 is 0 Å². The van der Waals surface area contributed by atoms with E-state index in [0.717, 1.165) is 43.8 Å². The fourth-order valence-corrected chi connectivity index (χ4v) is 4.34. The van der Waals surface area contributed by atoms with Gasteiger partial charge in [0.05, 0.1) is 31.3 Å². The molecule has 1 amide bonds. The molecule has 2 aliphatic heterocycles. The molecule has 13 heteroatoms. The topological polar surface area (TPSA) is 120 Å². The molecule has 4 N–H and O–H groups in total. The number of amides is 1. The van der Waals surface area contributed by atoms with E-state index in [1.54, 1.807) is 23.2 Å². The smallest absolute Gasteiger partial charge is 0.288 e. The number of rotatable bonds is 7. The molecule has 2 aliphatic rings. The summed E-state index contributed by atoms with van der Waals surface area (Å²) in [6.07, 6.45) is 2.62. The first kappa shape index (κ1) is 24.9. The fraction of sp³-hybridized carbons (Fsp3) is 0.333. The largest absolute Gasteiger partial charge is 0.378 e. The Morgan fingerprint density at radius 3 is 2.57 bits per heavy atom. The van der Waals surface area contributed by atoms with Gasteiger partial charge in [-0.1, -0.05) is 11.6 Å². The molecule has 4 heterocycles. The van der Waals surface area contributed by atoms with Crippen molar-refractivity contribution in [3.05, 3.63) is 59.3 Å². The predicted octanol–water partition coefficient (Wildman–Crippen LogP) is 2.41. The van der Waals surface area contributed by atoms with Crippen LogP contribution in [0.4, 0.5) is 33.2 Å². The zero-order valence-corrected chi connectivity index (χ0v) is 20.8. The fourth-order valence-electron chi connectivity index (χ4n) is 4.11. The van der Waals surface area contributed by atoms with Gasteiger partial charge < -0.3 is 25.2 Å². The third kappa shape index (κ3) is 6.34. The summed E-state index contributed by atoms with van der Waals surface area (Å²) >= 11 is 6.35. The van der Waals surface area contributed by atoms with E-state index < -0.39 is 11.7 Å². The van der Waals surface area contributed by atoms with Crippen molar-refractivity contribution in [2.75, 3.05) is 73.0 Å². The normalized spacial score (nSPS) is 15.8. The molecular formula is C24H27ClFN9O2. The standard InChI is InChI=1S/C24H27ClFN9O2/c25-16-11-18(13-19(12-16)34-5-3-27-4-6-34)30-17-1-2-21(28-14-17)23(36)32-33-24-29-15-20(26)22(31-24)35-7-9-37-10-8-35/h1-2,11-15,27,30H,3-10H2,(H,32,36)(H,29,31,33). The number of aromatic nitrogens is 3. The van der Waals surface area contributed by atoms with E-state index >= 15 is 0 Å². The molecule has 0 spiro atoms. The van der Waals surface area contributed by atoms with Crippen molar-refractivity contribution in [1.82, 2.24) is 25.7 Å². The van der Waals surface area contributed by atoms with Crippen molar-refractivity contribution >= 4 is 46.3 Å². The number of hydrazine groups is 1. The van der Waals surface area contributed by atoms with Gasteiger partial charge in [-0.25, -0.2) is 14.4 Å². The van der Waals surface area contributed by atoms with Crippen LogP contribution >= 0.6 is 11.6 Å². The van der Waals surface area contributed by atoms with Crippen molar-refractivity contribution in [2.24, 2.45) is 0 Å². The van der Waals surface area contributed by atoms with Gasteiger partial charge in [0.1, 0.15) is 5.69 Å². The van der Waals surface area contributed by atoms with Gasteiger partial charge in [0, 0.05) is 55.7 Å². The van der Waals surface area contributed by atoms with Crippen LogP contribution in [-0.4, -0.2) is 73.3 Å². The first-order valence-electron chi connectivity index (χ1n) is 12.0. The lowest BCUT2D eigenvalue weighted by Crippen LogP contribution is -2.43. The number of pyridine rings is 1. The maximum atomic E-state index is 14.2. The Kier molecular flexibility index (Phi) is 7.78. The maximum Gasteiger partial charge on any atom is 0.288 e. The molecule has 2 fully saturated rings. The number of ether oxygens (including phenoxy) is 1. The van der Waals surface area contributed by atoms with Gasteiger partial charge in [-0.05, 0) is 30.3 Å². The molecule has 37 heavy (non-hydrogen) atoms. The number of hydrogen-bond acceptors (Lipinski definition) is 10. The van der Waals surface area contributed by atoms with Crippen LogP contribution in [-0.2, 0) is 4.74 Å². The van der Waals surface area contributed by atoms with E-state index in [1.165, 1.54) is 0 Å². The Labute approximate surface area is 218 Å². The SMILES string of the molecule is O=C(NNc1ncc(F)c(N2CCOCC2)n1)c1ccc(Nc2cc(Cl)cc(N3CCNCC3)c2)cn1. The van der Waals surface area contributed by atoms with Gasteiger partial charge in [-0.15, -0.1) is 0 Å². The van der Waals surface area contributed by atoms with Crippen LogP contribution in [0.25, 0.3) is 0 Å². The molecule has 0 unspecified atom stereocenters. The molecule has 2 saturated heterocycles. The molecule has 3 aromatic rings. The molecule has 0 atom stereocenters. The molecule has 0 radical (unpaired) electrons. The Morgan fingerprint density at radius 2 is 1.81 bits per heavy atom. The van der Waals surface area contributed by atoms with Crippen LogP contribution in [0.5, 0.6) is 0 Å². The van der Waals surface area contributed by atoms with Crippen LogP contribution in [0, 0.1) is 5.82 Å². The Hall–Kier alpha value is -3.74. The van der Waals surface area contributed by atoms with Gasteiger partial charge in [0.25, 0.3) is 5.91 Å². The zero-order chi connectivity index (χ0) is 25.6. The number of halogens is 2. The Bertz CT molecular complexity index is 1240. The summed E-state index contributed by atoms with van der Waals surface area (Å²) in [7, 11) is 0. The quantitative estimate of drug-likeness (QED) is 0.341. The zero-order valence-electron chi connectivity index (χ0n) is 20.0. The molecular weight excluding hydrogens is 501 g/mol. The minimum absolute atomic E-state index is 0.0655. The second kappa shape index (κ2) is 11.5. The molecule has 2 aromatic heterocycles. The van der Waals surface area contributed by atoms with Gasteiger partial charge in [-0.3, -0.25) is 15.6 Å². The summed E-state index contributed by atoms with van der Waals surface area (Å²) in [6.45, 7) is 5.72. The summed E-state index contributed by atoms with van der Waals surface area (Å²) in [5.41, 5.74) is 7.87. The third-order valence-electron chi connectivity index (χ3n) is 5.97. The van der Waals surface area contributed by atoms with E-state index in [0.29, 0.717) is 37.0 Å². The average Bonchev–Trinajstić information content (AvgIpc) is 2.93. The number of benzene rings is 1. The first-order valence-corrected chi connectivity index (χ1v) is 12.3. The molecule has 0 aliphatic carbocycles. The summed E-state index contributed by atoms with van der Waals surface area (Å²) in [5.74, 6) is -0.806. The second-order valence-corrected chi connectivity index (χ2v) is 8.97. The highest BCUT2D eigenvalue weighted by atomic mass is 35.5. The van der Waals surface area contributed by atoms with Gasteiger partial charge in [0.15, 0.2) is 11.6 Å². The molecule has 0 saturated carbocycles. The molecule has 0 bridgehead atoms. The van der Waals surface area contributed by atoms with Crippen molar-refractivity contribution in [2.45, 2.75) is 0 Å². The van der Waals surface area contributed by atoms with Crippen molar-refractivity contribution in [3.8, 4) is 0 Å². The van der Waals surface area contributed by atoms with Gasteiger partial charge in [-0.2, -0.15) is 4.98 Å². The maximum absolute atomic E-state index is 14.2. The number of piperazine rings is 1. The minimum atomic E-state index is -0.539. The summed E-state index contributed by atoms with van der Waals surface area (Å²) < 4.78 is 19.5. The third-order valence-corrected chi connectivity index (χ3v) is 6.19. The van der Waals surface area contributed by atoms with Crippen LogP contribution in [0.3, 0.4) is 0 Å². The molecule has 194 valence electrons. The van der Waals surface area contributed by atoms with Crippen molar-refractivity contribution in [1.29, 1.82) is 0 Å². The number of anilines is 5. The average molecular weight is 528 g/mol. The monoisotopic (exact) mass is 527 g/mol. The lowest BCUT2D eigenvalue weighted by Gasteiger charge is -2.30. The second-order valence-electron chi connectivity index (χ2n) is 8.54. The summed E-state index contributed by atoms with van der Waals surface area (Å²) in [5, 5.41) is 7.26. The molecule has 11 nitrogen and oxygen atoms in total. The Balaban J connectivity index is 1.19. The van der Waals surface area contributed by atoms with E-state index in [1.807, 2.05) is 18.2 Å². The Morgan fingerprint density at radius 1 is 1.00 bits per heavy atom. The number of morpholine rings is 1. The first-order chi connectivity index (χ1) is 18.0. The number of nitrogens with zero attached hydrogens (tertiary/aromatic N) is 5. The van der Waals surface area contributed by atoms with E-state index in [4.69, 9.17) is 16.3 Å². The van der Waals surface area contributed by atoms with E-state index in [-0.39, 0.29) is 17.5 Å². The van der Waals surface area contributed by atoms with E-state index in [9.17, 15) is 9.18 Å². The molecule has 5 rings (SSSR count). The highest BCUT2D eigenvalue weighted by Gasteiger charge is 2.18. The minimum Gasteiger partial charge on any atom is -0.378 e. The number of carbonyl (C=O) groups excluding carboxylic acids is 1. The lowest BCUT2D eigenvalue weighted by atomic mass is 10.2. The number of nitrogens with one attached hydrogen (secondary N) is 4. The number of carbonyl (C=O) groups is 1. The highest BCUT2D eigenvalue weighted by Crippen LogP contribution is 2.28.